The van der Waals surface area contributed by atoms with Crippen molar-refractivity contribution in [3.63, 3.8) is 0 Å². The van der Waals surface area contributed by atoms with Crippen LogP contribution in [-0.2, 0) is 6.54 Å². The first-order valence-electron chi connectivity index (χ1n) is 17.5. The van der Waals surface area contributed by atoms with Gasteiger partial charge < -0.3 is 14.6 Å². The number of ether oxygens (including phenoxy) is 2. The smallest absolute Gasteiger partial charge is 0.184 e. The van der Waals surface area contributed by atoms with Gasteiger partial charge in [0.05, 0.1) is 19.3 Å². The summed E-state index contributed by atoms with van der Waals surface area (Å²) in [5.74, 6) is 0.377. The summed E-state index contributed by atoms with van der Waals surface area (Å²) in [4.78, 5) is 0. The van der Waals surface area contributed by atoms with Gasteiger partial charge in [-0.1, -0.05) is 103 Å². The Balaban J connectivity index is 1.88. The zero-order valence-electron chi connectivity index (χ0n) is 27.8. The van der Waals surface area contributed by atoms with E-state index >= 15 is 0 Å². The fourth-order valence-corrected chi connectivity index (χ4v) is 6.56. The first kappa shape index (κ1) is 36.0. The molecule has 44 heavy (non-hydrogen) atoms. The lowest BCUT2D eigenvalue weighted by molar-refractivity contribution is -0.550. The molecule has 1 atom stereocenters. The second-order valence-corrected chi connectivity index (χ2v) is 12.5. The van der Waals surface area contributed by atoms with E-state index < -0.39 is 11.6 Å². The summed E-state index contributed by atoms with van der Waals surface area (Å²) in [6, 6.07) is 8.14. The van der Waals surface area contributed by atoms with Gasteiger partial charge in [0.2, 0.25) is 0 Å². The molecule has 246 valence electrons. The van der Waals surface area contributed by atoms with Gasteiger partial charge in [0.15, 0.2) is 30.3 Å². The van der Waals surface area contributed by atoms with Gasteiger partial charge in [0.1, 0.15) is 11.6 Å². The van der Waals surface area contributed by atoms with Crippen molar-refractivity contribution in [1.82, 2.24) is 0 Å². The van der Waals surface area contributed by atoms with Crippen LogP contribution < -0.4 is 9.47 Å². The second-order valence-electron chi connectivity index (χ2n) is 12.5. The summed E-state index contributed by atoms with van der Waals surface area (Å²) in [6.45, 7) is 5.83. The first-order chi connectivity index (χ1) is 21.5. The SMILES string of the molecule is CCCCCCCCCCCC1=[N+](Cc2c(F)cccc2F)CC(CCO)c2c1ccc(OC)c2OCCCCCCCC. The lowest BCUT2D eigenvalue weighted by Gasteiger charge is -2.29. The number of unbranched alkanes of at least 4 members (excludes halogenated alkanes) is 13. The highest BCUT2D eigenvalue weighted by atomic mass is 19.1. The fourth-order valence-electron chi connectivity index (χ4n) is 6.56. The lowest BCUT2D eigenvalue weighted by Crippen LogP contribution is -2.34. The third kappa shape index (κ3) is 10.9. The van der Waals surface area contributed by atoms with Crippen LogP contribution in [0.25, 0.3) is 0 Å². The molecular weight excluding hydrogens is 556 g/mol. The summed E-state index contributed by atoms with van der Waals surface area (Å²) in [5.41, 5.74) is 3.33. The number of aliphatic hydroxyl groups is 1. The number of hydrogen-bond acceptors (Lipinski definition) is 3. The van der Waals surface area contributed by atoms with Gasteiger partial charge in [-0.15, -0.1) is 0 Å². The van der Waals surface area contributed by atoms with Gasteiger partial charge in [-0.05, 0) is 43.5 Å². The maximum atomic E-state index is 14.9. The average molecular weight is 615 g/mol. The predicted octanol–water partition coefficient (Wildman–Crippen LogP) is 10.1. The highest BCUT2D eigenvalue weighted by molar-refractivity contribution is 6.00. The maximum absolute atomic E-state index is 14.9. The Bertz CT molecular complexity index is 1130. The maximum Gasteiger partial charge on any atom is 0.184 e. The Morgan fingerprint density at radius 2 is 1.39 bits per heavy atom. The number of methoxy groups -OCH3 is 1. The topological polar surface area (TPSA) is 41.7 Å². The molecule has 0 radical (unpaired) electrons. The fraction of sp³-hybridized carbons (Fsp3) is 0.658. The molecule has 4 nitrogen and oxygen atoms in total. The Hall–Kier alpha value is -2.47. The summed E-state index contributed by atoms with van der Waals surface area (Å²) < 4.78 is 44.1. The molecule has 2 aromatic rings. The highest BCUT2D eigenvalue weighted by Gasteiger charge is 2.36. The Kier molecular flexibility index (Phi) is 16.8. The summed E-state index contributed by atoms with van der Waals surface area (Å²) in [6.07, 6.45) is 19.6. The molecule has 1 N–H and O–H groups in total. The van der Waals surface area contributed by atoms with E-state index in [1.54, 1.807) is 7.11 Å². The van der Waals surface area contributed by atoms with E-state index in [1.807, 2.05) is 6.07 Å². The van der Waals surface area contributed by atoms with E-state index in [0.29, 0.717) is 25.3 Å². The van der Waals surface area contributed by atoms with Crippen molar-refractivity contribution in [3.8, 4) is 11.5 Å². The molecule has 0 fully saturated rings. The number of aliphatic hydroxyl groups excluding tert-OH is 1. The molecule has 3 rings (SSSR count). The molecule has 6 heteroatoms. The molecule has 1 aliphatic rings. The monoisotopic (exact) mass is 614 g/mol. The van der Waals surface area contributed by atoms with E-state index in [1.165, 1.54) is 88.8 Å². The van der Waals surface area contributed by atoms with Crippen LogP contribution in [0.4, 0.5) is 8.78 Å². The number of hydrogen-bond donors (Lipinski definition) is 1. The summed E-state index contributed by atoms with van der Waals surface area (Å²) in [7, 11) is 1.67. The standard InChI is InChI=1S/C38H58F2NO3/c1-4-6-8-10-12-13-14-15-17-22-35-31-23-24-36(43-3)38(44-27-18-16-11-9-7-5-2)37(31)30(25-26-42)28-41(35)29-32-33(39)20-19-21-34(32)40/h19-21,23-24,30,42H,4-18,22,25-29H2,1-3H3/q+1. The Morgan fingerprint density at radius 1 is 0.795 bits per heavy atom. The van der Waals surface area contributed by atoms with Crippen LogP contribution in [0.3, 0.4) is 0 Å². The highest BCUT2D eigenvalue weighted by Crippen LogP contribution is 2.43. The number of fused-ring (bicyclic) bond motifs is 1. The molecule has 0 amide bonds. The van der Waals surface area contributed by atoms with Crippen LogP contribution >= 0.6 is 0 Å². The number of nitrogens with zero attached hydrogens (tertiary/aromatic N) is 1. The molecule has 1 unspecified atom stereocenters. The van der Waals surface area contributed by atoms with E-state index in [-0.39, 0.29) is 24.6 Å². The van der Waals surface area contributed by atoms with Crippen LogP contribution in [0.5, 0.6) is 11.5 Å². The van der Waals surface area contributed by atoms with Crippen molar-refractivity contribution in [2.75, 3.05) is 26.9 Å². The van der Waals surface area contributed by atoms with E-state index in [0.717, 1.165) is 54.7 Å². The third-order valence-corrected chi connectivity index (χ3v) is 9.07. The number of rotatable bonds is 23. The largest absolute Gasteiger partial charge is 0.493 e. The van der Waals surface area contributed by atoms with Crippen LogP contribution in [0.2, 0.25) is 0 Å². The zero-order chi connectivity index (χ0) is 31.6. The van der Waals surface area contributed by atoms with Crippen molar-refractivity contribution in [2.24, 2.45) is 0 Å². The quantitative estimate of drug-likeness (QED) is 0.100. The molecule has 2 aromatic carbocycles. The van der Waals surface area contributed by atoms with Gasteiger partial charge in [-0.3, -0.25) is 0 Å². The van der Waals surface area contributed by atoms with Crippen LogP contribution in [-0.4, -0.2) is 42.3 Å². The minimum Gasteiger partial charge on any atom is -0.493 e. The molecular formula is C38H58F2NO3+. The van der Waals surface area contributed by atoms with E-state index in [4.69, 9.17) is 9.47 Å². The van der Waals surface area contributed by atoms with Gasteiger partial charge in [0.25, 0.3) is 0 Å². The van der Waals surface area contributed by atoms with Crippen molar-refractivity contribution < 1.29 is 27.9 Å². The summed E-state index contributed by atoms with van der Waals surface area (Å²) in [5, 5.41) is 10.1. The average Bonchev–Trinajstić information content (AvgIpc) is 3.02. The number of benzene rings is 2. The normalized spacial score (nSPS) is 14.6. The van der Waals surface area contributed by atoms with E-state index in [9.17, 15) is 13.9 Å². The Labute approximate surface area is 265 Å². The van der Waals surface area contributed by atoms with E-state index in [2.05, 4.69) is 24.5 Å². The molecule has 0 bridgehead atoms. The van der Waals surface area contributed by atoms with Crippen molar-refractivity contribution in [2.45, 2.75) is 135 Å². The van der Waals surface area contributed by atoms with Crippen LogP contribution in [0.1, 0.15) is 146 Å². The van der Waals surface area contributed by atoms with Crippen molar-refractivity contribution in [3.05, 3.63) is 58.7 Å². The molecule has 0 spiro atoms. The zero-order valence-corrected chi connectivity index (χ0v) is 27.8. The van der Waals surface area contributed by atoms with Gasteiger partial charge in [-0.2, -0.15) is 0 Å². The van der Waals surface area contributed by atoms with Crippen LogP contribution in [0, 0.1) is 11.6 Å². The predicted molar refractivity (Wildman–Crippen MR) is 177 cm³/mol. The first-order valence-corrected chi connectivity index (χ1v) is 17.5. The molecule has 1 aliphatic heterocycles. The molecule has 0 saturated carbocycles. The van der Waals surface area contributed by atoms with Crippen LogP contribution in [0.15, 0.2) is 30.3 Å². The van der Waals surface area contributed by atoms with Gasteiger partial charge in [0, 0.05) is 30.1 Å². The minimum absolute atomic E-state index is 0.0215. The molecule has 0 aliphatic carbocycles. The van der Waals surface area contributed by atoms with Crippen molar-refractivity contribution in [1.29, 1.82) is 0 Å². The molecule has 1 heterocycles. The molecule has 0 saturated heterocycles. The third-order valence-electron chi connectivity index (χ3n) is 9.07. The Morgan fingerprint density at radius 3 is 1.98 bits per heavy atom. The number of halogens is 2. The molecule has 0 aromatic heterocycles. The van der Waals surface area contributed by atoms with Gasteiger partial charge >= 0.3 is 0 Å². The summed E-state index contributed by atoms with van der Waals surface area (Å²) >= 11 is 0. The minimum atomic E-state index is -0.519. The van der Waals surface area contributed by atoms with Crippen molar-refractivity contribution >= 4 is 5.71 Å². The second kappa shape index (κ2) is 20.5. The lowest BCUT2D eigenvalue weighted by atomic mass is 9.83. The van der Waals surface area contributed by atoms with Gasteiger partial charge in [-0.25, -0.2) is 13.4 Å².